The zero-order chi connectivity index (χ0) is 15.5. The Labute approximate surface area is 144 Å². The van der Waals surface area contributed by atoms with Crippen molar-refractivity contribution in [1.82, 2.24) is 0 Å². The number of esters is 1. The minimum absolute atomic E-state index is 0. The topological polar surface area (TPSA) is 60.4 Å². The zero-order valence-electron chi connectivity index (χ0n) is 13.2. The summed E-state index contributed by atoms with van der Waals surface area (Å²) in [7, 11) is 0. The van der Waals surface area contributed by atoms with Crippen LogP contribution in [0.5, 0.6) is 0 Å². The number of hydrogen-bond acceptors (Lipinski definition) is 4. The predicted molar refractivity (Wildman–Crippen MR) is 90.9 cm³/mol. The van der Waals surface area contributed by atoms with E-state index < -0.39 is 0 Å². The molecule has 0 bridgehead atoms. The summed E-state index contributed by atoms with van der Waals surface area (Å²) in [5, 5.41) is 0. The van der Waals surface area contributed by atoms with Crippen molar-refractivity contribution in [3.05, 3.63) is 0 Å². The maximum Gasteiger partial charge on any atom is 0.309 e. The van der Waals surface area contributed by atoms with Gasteiger partial charge in [0.2, 0.25) is 0 Å². The van der Waals surface area contributed by atoms with Crippen molar-refractivity contribution in [2.24, 2.45) is 5.92 Å². The summed E-state index contributed by atoms with van der Waals surface area (Å²) in [6.45, 7) is 2.60. The number of hydrogen-bond donors (Lipinski definition) is 0. The smallest absolute Gasteiger partial charge is 0.309 e. The van der Waals surface area contributed by atoms with Gasteiger partial charge in [-0.05, 0) is 12.8 Å². The molecule has 0 unspecified atom stereocenters. The average molecular weight is 326 g/mol. The zero-order valence-corrected chi connectivity index (χ0v) is 13.2. The first-order valence-corrected chi connectivity index (χ1v) is 8.33. The first-order chi connectivity index (χ1) is 10.1. The van der Waals surface area contributed by atoms with Gasteiger partial charge < -0.3 is 4.74 Å². The lowest BCUT2D eigenvalue weighted by atomic mass is 9.97. The van der Waals surface area contributed by atoms with E-state index in [0.29, 0.717) is 19.4 Å². The number of Topliss-reactive ketones (excluding diaryl/α,β-unsaturated/α-hetero) is 2. The predicted octanol–water partition coefficient (Wildman–Crippen LogP) is 2.42. The van der Waals surface area contributed by atoms with Gasteiger partial charge >= 0.3 is 5.97 Å². The van der Waals surface area contributed by atoms with Gasteiger partial charge in [0, 0.05) is 12.8 Å². The van der Waals surface area contributed by atoms with Crippen LogP contribution >= 0.6 is 0 Å². The van der Waals surface area contributed by atoms with Gasteiger partial charge in [0.25, 0.3) is 0 Å². The van der Waals surface area contributed by atoms with Crippen LogP contribution in [0.25, 0.3) is 0 Å². The van der Waals surface area contributed by atoms with Gasteiger partial charge in [0.1, 0.15) is 11.6 Å². The van der Waals surface area contributed by atoms with Crippen LogP contribution in [0.2, 0.25) is 0 Å². The molecule has 1 rings (SSSR count). The van der Waals surface area contributed by atoms with Crippen LogP contribution in [-0.2, 0) is 19.1 Å². The third-order valence-corrected chi connectivity index (χ3v) is 3.97. The van der Waals surface area contributed by atoms with Gasteiger partial charge in [0.05, 0.1) is 18.9 Å². The van der Waals surface area contributed by atoms with Gasteiger partial charge in [-0.2, -0.15) is 0 Å². The molecule has 1 saturated heterocycles. The van der Waals surface area contributed by atoms with Crippen LogP contribution < -0.4 is 0 Å². The quantitative estimate of drug-likeness (QED) is 0.239. The highest BCUT2D eigenvalue weighted by Crippen LogP contribution is 2.19. The molecule has 0 amide bonds. The van der Waals surface area contributed by atoms with Crippen LogP contribution in [0.1, 0.15) is 77.6 Å². The van der Waals surface area contributed by atoms with Crippen molar-refractivity contribution < 1.29 is 19.1 Å². The maximum absolute atomic E-state index is 11.7. The second kappa shape index (κ2) is 12.8. The number of rotatable bonds is 12. The number of unbranched alkanes of at least 4 members (excludes halogenated alkanes) is 6. The second-order valence-electron chi connectivity index (χ2n) is 5.98. The van der Waals surface area contributed by atoms with Crippen LogP contribution in [0.15, 0.2) is 0 Å². The molecule has 0 aromatic rings. The Bertz CT molecular complexity index is 355. The number of carbonyl (C=O) groups excluding carboxylic acids is 3. The van der Waals surface area contributed by atoms with Gasteiger partial charge in [0.15, 0.2) is 17.4 Å². The molecule has 0 N–H and O–H groups in total. The van der Waals surface area contributed by atoms with Crippen molar-refractivity contribution in [1.29, 1.82) is 0 Å². The van der Waals surface area contributed by atoms with E-state index in [1.54, 1.807) is 0 Å². The molecule has 5 heteroatoms. The fourth-order valence-electron chi connectivity index (χ4n) is 2.66. The van der Waals surface area contributed by atoms with Crippen LogP contribution in [0.3, 0.4) is 0 Å². The Morgan fingerprint density at radius 1 is 1.05 bits per heavy atom. The van der Waals surface area contributed by atoms with E-state index in [-0.39, 0.29) is 53.7 Å². The molecule has 4 nitrogen and oxygen atoms in total. The van der Waals surface area contributed by atoms with Gasteiger partial charge in [-0.25, -0.2) is 0 Å². The fourth-order valence-corrected chi connectivity index (χ4v) is 2.66. The van der Waals surface area contributed by atoms with E-state index in [2.05, 4.69) is 6.92 Å². The Hall–Kier alpha value is -0.658. The van der Waals surface area contributed by atoms with E-state index in [0.717, 1.165) is 12.8 Å². The van der Waals surface area contributed by atoms with Crippen molar-refractivity contribution in [3.63, 3.8) is 0 Å². The molecule has 126 valence electrons. The van der Waals surface area contributed by atoms with Crippen molar-refractivity contribution >= 4 is 34.9 Å². The normalized spacial score (nSPS) is 17.0. The van der Waals surface area contributed by atoms with Crippen molar-refractivity contribution in [2.75, 3.05) is 6.61 Å². The summed E-state index contributed by atoms with van der Waals surface area (Å²) in [6.07, 6.45) is 9.43. The summed E-state index contributed by atoms with van der Waals surface area (Å²) in [6, 6.07) is 0. The Balaban J connectivity index is 0.00000441. The minimum atomic E-state index is -0.316. The molecule has 1 atom stereocenters. The molecule has 1 fully saturated rings. The lowest BCUT2D eigenvalue weighted by Gasteiger charge is -2.04. The highest BCUT2D eigenvalue weighted by Gasteiger charge is 2.28. The third kappa shape index (κ3) is 9.38. The molecular formula is C17H31AlO4. The number of ether oxygens (including phenoxy) is 1. The Morgan fingerprint density at radius 3 is 2.27 bits per heavy atom. The third-order valence-electron chi connectivity index (χ3n) is 3.97. The molecule has 0 aromatic carbocycles. The molecule has 0 spiro atoms. The van der Waals surface area contributed by atoms with Crippen LogP contribution in [-0.4, -0.2) is 41.5 Å². The molecule has 0 aliphatic carbocycles. The standard InChI is InChI=1S/C17H28O4.Al.3H/c1-2-3-4-5-6-7-8-9-15(18)13-16(19)12-14-10-11-21-17(14)20;;;;/h14H,2-13H2,1H3;;;;/t14-;;;;/m1..../s1. The number of ketones is 2. The van der Waals surface area contributed by atoms with E-state index in [4.69, 9.17) is 4.74 Å². The molecule has 1 heterocycles. The summed E-state index contributed by atoms with van der Waals surface area (Å²) >= 11 is 0. The van der Waals surface area contributed by atoms with Crippen LogP contribution in [0.4, 0.5) is 0 Å². The van der Waals surface area contributed by atoms with E-state index >= 15 is 0 Å². The lowest BCUT2D eigenvalue weighted by Crippen LogP contribution is -2.16. The maximum atomic E-state index is 11.7. The fraction of sp³-hybridized carbons (Fsp3) is 0.824. The average Bonchev–Trinajstić information content (AvgIpc) is 2.83. The first-order valence-electron chi connectivity index (χ1n) is 8.33. The van der Waals surface area contributed by atoms with E-state index in [1.165, 1.54) is 32.1 Å². The number of carbonyl (C=O) groups is 3. The summed E-state index contributed by atoms with van der Waals surface area (Å²) < 4.78 is 4.81. The largest absolute Gasteiger partial charge is 0.465 e. The lowest BCUT2D eigenvalue weighted by molar-refractivity contribution is -0.143. The Kier molecular flexibility index (Phi) is 12.5. The SMILES string of the molecule is CCCCCCCCCC(=O)CC(=O)C[C@H]1CCOC1=O.[AlH3]. The van der Waals surface area contributed by atoms with Crippen LogP contribution in [0, 0.1) is 5.92 Å². The van der Waals surface area contributed by atoms with Gasteiger partial charge in [-0.15, -0.1) is 0 Å². The molecule has 0 aromatic heterocycles. The molecule has 1 aliphatic rings. The number of cyclic esters (lactones) is 1. The van der Waals surface area contributed by atoms with Crippen molar-refractivity contribution in [2.45, 2.75) is 77.6 Å². The Morgan fingerprint density at radius 2 is 1.68 bits per heavy atom. The highest BCUT2D eigenvalue weighted by atomic mass is 27.0. The molecule has 0 radical (unpaired) electrons. The van der Waals surface area contributed by atoms with E-state index in [1.807, 2.05) is 0 Å². The second-order valence-corrected chi connectivity index (χ2v) is 5.98. The molecule has 1 aliphatic heterocycles. The van der Waals surface area contributed by atoms with Gasteiger partial charge in [-0.1, -0.05) is 45.4 Å². The molecule has 0 saturated carbocycles. The summed E-state index contributed by atoms with van der Waals surface area (Å²) in [4.78, 5) is 34.7. The first kappa shape index (κ1) is 21.3. The summed E-state index contributed by atoms with van der Waals surface area (Å²) in [5.74, 6) is -0.710. The van der Waals surface area contributed by atoms with Crippen molar-refractivity contribution in [3.8, 4) is 0 Å². The monoisotopic (exact) mass is 326 g/mol. The summed E-state index contributed by atoms with van der Waals surface area (Å²) in [5.41, 5.74) is 0. The molecular weight excluding hydrogens is 295 g/mol. The van der Waals surface area contributed by atoms with Gasteiger partial charge in [-0.3, -0.25) is 14.4 Å². The molecule has 22 heavy (non-hydrogen) atoms. The van der Waals surface area contributed by atoms with E-state index in [9.17, 15) is 14.4 Å². The minimum Gasteiger partial charge on any atom is -0.465 e. The highest BCUT2D eigenvalue weighted by molar-refractivity contribution is 6.00.